The first-order chi connectivity index (χ1) is 6.75. The van der Waals surface area contributed by atoms with E-state index in [0.717, 1.165) is 0 Å². The number of likely N-dealkylation sites (N-methyl/N-ethyl adjacent to an activating group) is 1. The third-order valence-electron chi connectivity index (χ3n) is 1.20. The fourth-order valence-corrected chi connectivity index (χ4v) is 0.778. The van der Waals surface area contributed by atoms with Gasteiger partial charge in [-0.15, -0.1) is 0 Å². The molecule has 0 fully saturated rings. The lowest BCUT2D eigenvalue weighted by atomic mass is 10.3. The number of hydrogen-bond acceptors (Lipinski definition) is 4. The number of aliphatic hydroxyl groups is 1. The van der Waals surface area contributed by atoms with E-state index in [4.69, 9.17) is 4.74 Å². The Labute approximate surface area is 100 Å². The van der Waals surface area contributed by atoms with Crippen LogP contribution in [-0.2, 0) is 4.74 Å². The molecule has 0 amide bonds. The van der Waals surface area contributed by atoms with Crippen LogP contribution in [0.5, 0.6) is 0 Å². The predicted molar refractivity (Wildman–Crippen MR) is 69.8 cm³/mol. The van der Waals surface area contributed by atoms with Crippen LogP contribution in [0.25, 0.3) is 0 Å². The van der Waals surface area contributed by atoms with Gasteiger partial charge in [0.15, 0.2) is 0 Å². The maximum atomic E-state index is 9.30. The highest BCUT2D eigenvalue weighted by molar-refractivity contribution is 7.80. The lowest BCUT2D eigenvalue weighted by Crippen LogP contribution is -2.30. The summed E-state index contributed by atoms with van der Waals surface area (Å²) in [6, 6.07) is 0. The van der Waals surface area contributed by atoms with Gasteiger partial charge in [0.25, 0.3) is 0 Å². The van der Waals surface area contributed by atoms with E-state index in [1.807, 2.05) is 46.7 Å². The molecule has 0 radical (unpaired) electrons. The maximum Gasteiger partial charge on any atom is 0.0900 e. The second kappa shape index (κ2) is 10.7. The van der Waals surface area contributed by atoms with E-state index < -0.39 is 0 Å². The third kappa shape index (κ3) is 25.0. The standard InChI is InChI=1S/C8H19NO2.C3H8S/c1-7(2)11-6-8(10)5-9(3)4;1-3(2)4/h7-8,10H,5-6H2,1-4H3;3-4H,1-2H3. The molecule has 0 aliphatic heterocycles. The zero-order valence-electron chi connectivity index (χ0n) is 10.9. The van der Waals surface area contributed by atoms with E-state index in [2.05, 4.69) is 12.6 Å². The van der Waals surface area contributed by atoms with Gasteiger partial charge in [-0.2, -0.15) is 12.6 Å². The Kier molecular flexibility index (Phi) is 12.6. The second-order valence-corrected chi connectivity index (χ2v) is 5.42. The lowest BCUT2D eigenvalue weighted by Gasteiger charge is -2.17. The van der Waals surface area contributed by atoms with Gasteiger partial charge in [-0.3, -0.25) is 0 Å². The summed E-state index contributed by atoms with van der Waals surface area (Å²) in [5.41, 5.74) is 0. The number of nitrogens with zero attached hydrogens (tertiary/aromatic N) is 1. The quantitative estimate of drug-likeness (QED) is 0.713. The minimum Gasteiger partial charge on any atom is -0.389 e. The highest BCUT2D eigenvalue weighted by atomic mass is 32.1. The van der Waals surface area contributed by atoms with Crippen LogP contribution in [0.15, 0.2) is 0 Å². The number of rotatable bonds is 5. The van der Waals surface area contributed by atoms with Gasteiger partial charge in [0.05, 0.1) is 18.8 Å². The molecule has 0 aliphatic carbocycles. The molecular weight excluding hydrogens is 210 g/mol. The smallest absolute Gasteiger partial charge is 0.0900 e. The molecule has 0 aromatic rings. The number of hydrogen-bond donors (Lipinski definition) is 2. The Morgan fingerprint density at radius 3 is 1.87 bits per heavy atom. The zero-order chi connectivity index (χ0) is 12.4. The fraction of sp³-hybridized carbons (Fsp3) is 1.00. The van der Waals surface area contributed by atoms with E-state index in [1.54, 1.807) is 0 Å². The SMILES string of the molecule is CC(C)OCC(O)CN(C)C.CC(C)S. The Bertz CT molecular complexity index is 127. The molecule has 1 unspecified atom stereocenters. The van der Waals surface area contributed by atoms with Crippen LogP contribution in [0.3, 0.4) is 0 Å². The van der Waals surface area contributed by atoms with E-state index in [0.29, 0.717) is 18.4 Å². The highest BCUT2D eigenvalue weighted by Crippen LogP contribution is 1.92. The Hall–Kier alpha value is 0.230. The van der Waals surface area contributed by atoms with Crippen LogP contribution in [0.1, 0.15) is 27.7 Å². The van der Waals surface area contributed by atoms with Gasteiger partial charge in [-0.1, -0.05) is 13.8 Å². The van der Waals surface area contributed by atoms with Crippen molar-refractivity contribution in [2.45, 2.75) is 45.2 Å². The molecule has 0 heterocycles. The number of ether oxygens (including phenoxy) is 1. The van der Waals surface area contributed by atoms with E-state index in [1.165, 1.54) is 0 Å². The van der Waals surface area contributed by atoms with Gasteiger partial charge in [0.2, 0.25) is 0 Å². The molecule has 0 bridgehead atoms. The molecule has 3 nitrogen and oxygen atoms in total. The van der Waals surface area contributed by atoms with Crippen molar-refractivity contribution in [2.75, 3.05) is 27.2 Å². The normalized spacial score (nSPS) is 13.0. The molecule has 0 aromatic carbocycles. The molecule has 1 atom stereocenters. The van der Waals surface area contributed by atoms with Gasteiger partial charge >= 0.3 is 0 Å². The molecular formula is C11H27NO2S. The van der Waals surface area contributed by atoms with Gasteiger partial charge in [0.1, 0.15) is 0 Å². The summed E-state index contributed by atoms with van der Waals surface area (Å²) in [4.78, 5) is 1.94. The van der Waals surface area contributed by atoms with Crippen molar-refractivity contribution in [3.8, 4) is 0 Å². The van der Waals surface area contributed by atoms with E-state index >= 15 is 0 Å². The van der Waals surface area contributed by atoms with Crippen molar-refractivity contribution in [1.29, 1.82) is 0 Å². The largest absolute Gasteiger partial charge is 0.389 e. The van der Waals surface area contributed by atoms with Gasteiger partial charge in [-0.25, -0.2) is 0 Å². The summed E-state index contributed by atoms with van der Waals surface area (Å²) in [7, 11) is 3.86. The van der Waals surface area contributed by atoms with Crippen molar-refractivity contribution in [1.82, 2.24) is 4.90 Å². The first-order valence-electron chi connectivity index (χ1n) is 5.38. The second-order valence-electron chi connectivity index (χ2n) is 4.39. The monoisotopic (exact) mass is 237 g/mol. The molecule has 0 spiro atoms. The van der Waals surface area contributed by atoms with Crippen molar-refractivity contribution in [2.24, 2.45) is 0 Å². The Morgan fingerprint density at radius 2 is 1.60 bits per heavy atom. The van der Waals surface area contributed by atoms with Crippen LogP contribution in [0.2, 0.25) is 0 Å². The van der Waals surface area contributed by atoms with Crippen LogP contribution in [0, 0.1) is 0 Å². The minimum absolute atomic E-state index is 0.201. The lowest BCUT2D eigenvalue weighted by molar-refractivity contribution is -0.00312. The summed E-state index contributed by atoms with van der Waals surface area (Å²) in [5, 5.41) is 9.83. The highest BCUT2D eigenvalue weighted by Gasteiger charge is 2.05. The van der Waals surface area contributed by atoms with Crippen molar-refractivity contribution >= 4 is 12.6 Å². The van der Waals surface area contributed by atoms with Gasteiger partial charge < -0.3 is 14.7 Å². The van der Waals surface area contributed by atoms with E-state index in [-0.39, 0.29) is 12.2 Å². The van der Waals surface area contributed by atoms with E-state index in [9.17, 15) is 5.11 Å². The van der Waals surface area contributed by atoms with Gasteiger partial charge in [0, 0.05) is 6.54 Å². The number of thiol groups is 1. The fourth-order valence-electron chi connectivity index (χ4n) is 0.778. The van der Waals surface area contributed by atoms with Crippen molar-refractivity contribution < 1.29 is 9.84 Å². The average Bonchev–Trinajstić information content (AvgIpc) is 1.98. The summed E-state index contributed by atoms with van der Waals surface area (Å²) in [6.45, 7) is 9.07. The summed E-state index contributed by atoms with van der Waals surface area (Å²) in [6.07, 6.45) is -0.167. The molecule has 0 rings (SSSR count). The molecule has 1 N–H and O–H groups in total. The minimum atomic E-state index is -0.368. The molecule has 94 valence electrons. The van der Waals surface area contributed by atoms with Crippen molar-refractivity contribution in [3.05, 3.63) is 0 Å². The topological polar surface area (TPSA) is 32.7 Å². The Morgan fingerprint density at radius 1 is 1.20 bits per heavy atom. The average molecular weight is 237 g/mol. The molecule has 0 saturated carbocycles. The summed E-state index contributed by atoms with van der Waals surface area (Å²) in [5.74, 6) is 0. The molecule has 0 aliphatic rings. The van der Waals surface area contributed by atoms with Crippen LogP contribution < -0.4 is 0 Å². The number of aliphatic hydroxyl groups excluding tert-OH is 1. The maximum absolute atomic E-state index is 9.30. The summed E-state index contributed by atoms with van der Waals surface area (Å²) < 4.78 is 5.23. The van der Waals surface area contributed by atoms with Crippen molar-refractivity contribution in [3.63, 3.8) is 0 Å². The van der Waals surface area contributed by atoms with Crippen LogP contribution in [-0.4, -0.2) is 54.7 Å². The first-order valence-corrected chi connectivity index (χ1v) is 5.89. The molecule has 4 heteroatoms. The van der Waals surface area contributed by atoms with Gasteiger partial charge in [-0.05, 0) is 33.2 Å². The third-order valence-corrected chi connectivity index (χ3v) is 1.20. The predicted octanol–water partition coefficient (Wildman–Crippen LogP) is 1.66. The Balaban J connectivity index is 0. The molecule has 0 aromatic heterocycles. The van der Waals surface area contributed by atoms with Crippen LogP contribution >= 0.6 is 12.6 Å². The molecule has 0 saturated heterocycles. The molecule has 15 heavy (non-hydrogen) atoms. The summed E-state index contributed by atoms with van der Waals surface area (Å²) >= 11 is 3.97. The van der Waals surface area contributed by atoms with Crippen LogP contribution in [0.4, 0.5) is 0 Å². The first kappa shape index (κ1) is 17.6. The zero-order valence-corrected chi connectivity index (χ0v) is 11.8.